The molecular formula is C23H23NO3+. The van der Waals surface area contributed by atoms with Gasteiger partial charge in [-0.15, -0.1) is 5.48 Å². The average molecular weight is 361 g/mol. The van der Waals surface area contributed by atoms with Crippen molar-refractivity contribution < 1.29 is 14.4 Å². The maximum Gasteiger partial charge on any atom is 0.478 e. The van der Waals surface area contributed by atoms with Crippen LogP contribution in [0.3, 0.4) is 0 Å². The molecule has 1 unspecified atom stereocenters. The number of carbonyl (C=O) groups excluding carboxylic acids is 2. The predicted molar refractivity (Wildman–Crippen MR) is 103 cm³/mol. The Labute approximate surface area is 159 Å². The molecule has 4 rings (SSSR count). The number of hydroxylamine groups is 1. The van der Waals surface area contributed by atoms with Gasteiger partial charge in [0, 0.05) is 0 Å². The minimum Gasteiger partial charge on any atom is -0.366 e. The molecule has 0 heterocycles. The molecule has 0 spiro atoms. The Balaban J connectivity index is 1.36. The molecular weight excluding hydrogens is 338 g/mol. The quantitative estimate of drug-likeness (QED) is 0.356. The number of ketones is 1. The van der Waals surface area contributed by atoms with Gasteiger partial charge in [-0.05, 0) is 61.4 Å². The summed E-state index contributed by atoms with van der Waals surface area (Å²) in [5.74, 6) is 0.574. The van der Waals surface area contributed by atoms with Crippen LogP contribution in [-0.4, -0.2) is 11.8 Å². The van der Waals surface area contributed by atoms with Crippen LogP contribution in [0.2, 0.25) is 0 Å². The van der Waals surface area contributed by atoms with Gasteiger partial charge < -0.3 is 4.84 Å². The fraction of sp³-hybridized carbons (Fsp3) is 0.304. The summed E-state index contributed by atoms with van der Waals surface area (Å²) in [6, 6.07) is 16.4. The number of rotatable bonds is 6. The molecule has 4 atom stereocenters. The number of hydrogen-bond donors (Lipinski definition) is 1. The van der Waals surface area contributed by atoms with Crippen LogP contribution in [0.1, 0.15) is 52.1 Å². The van der Waals surface area contributed by atoms with Gasteiger partial charge in [-0.1, -0.05) is 42.5 Å². The largest absolute Gasteiger partial charge is 0.478 e. The Morgan fingerprint density at radius 1 is 1.00 bits per heavy atom. The number of hydrogen-bond acceptors (Lipinski definition) is 4. The van der Waals surface area contributed by atoms with Crippen LogP contribution < -0.4 is 5.48 Å². The first-order valence-electron chi connectivity index (χ1n) is 9.48. The second-order valence-corrected chi connectivity index (χ2v) is 7.40. The fourth-order valence-corrected chi connectivity index (χ4v) is 4.14. The van der Waals surface area contributed by atoms with Crippen LogP contribution in [0.5, 0.6) is 0 Å². The molecule has 1 radical (unpaired) electrons. The first kappa shape index (κ1) is 17.7. The van der Waals surface area contributed by atoms with E-state index >= 15 is 0 Å². The highest BCUT2D eigenvalue weighted by molar-refractivity contribution is 6.00. The van der Waals surface area contributed by atoms with Gasteiger partial charge in [0.05, 0.1) is 17.2 Å². The lowest BCUT2D eigenvalue weighted by Crippen LogP contribution is -2.23. The lowest BCUT2D eigenvalue weighted by Gasteiger charge is -2.13. The zero-order valence-corrected chi connectivity index (χ0v) is 15.3. The highest BCUT2D eigenvalue weighted by Crippen LogP contribution is 2.45. The van der Waals surface area contributed by atoms with E-state index in [2.05, 4.69) is 17.6 Å². The molecule has 0 saturated heterocycles. The molecule has 0 aliphatic heterocycles. The Morgan fingerprint density at radius 3 is 2.19 bits per heavy atom. The number of benzene rings is 2. The van der Waals surface area contributed by atoms with Crippen molar-refractivity contribution in [3.63, 3.8) is 0 Å². The standard InChI is InChI=1S/C23H23NO3/c1-15(16-5-3-2-4-6-16)24-27-23(26)20-13-11-19(12-14-20)22(25)21-17-7-8-18(21)10-9-17/h2-8,11-15,17-18,21,24H,9-10H2,1H3/q+1/t15-,17-,18+,21?/m0/s1. The van der Waals surface area contributed by atoms with Gasteiger partial charge in [0.1, 0.15) is 5.92 Å². The lowest BCUT2D eigenvalue weighted by atomic mass is 9.88. The third-order valence-corrected chi connectivity index (χ3v) is 5.70. The molecule has 4 nitrogen and oxygen atoms in total. The zero-order chi connectivity index (χ0) is 18.8. The minimum absolute atomic E-state index is 0.0798. The van der Waals surface area contributed by atoms with E-state index in [1.807, 2.05) is 37.3 Å². The topological polar surface area (TPSA) is 58.2 Å². The summed E-state index contributed by atoms with van der Waals surface area (Å²) in [5, 5.41) is 0. The van der Waals surface area contributed by atoms with E-state index < -0.39 is 5.97 Å². The lowest BCUT2D eigenvalue weighted by molar-refractivity contribution is 0.0169. The second kappa shape index (κ2) is 7.49. The van der Waals surface area contributed by atoms with E-state index in [0.29, 0.717) is 23.0 Å². The maximum atomic E-state index is 12.8. The van der Waals surface area contributed by atoms with E-state index in [9.17, 15) is 9.59 Å². The summed E-state index contributed by atoms with van der Waals surface area (Å²) < 4.78 is 0. The number of Topliss-reactive ketones (excluding diaryl/α,β-unsaturated/α-hetero) is 1. The SMILES string of the molecule is C[C@H](NOC(=O)c1ccc(C(=[O+])C2[C@@H]3C=C[C@H]2CC3)cc1)c1ccccc1. The van der Waals surface area contributed by atoms with Crippen LogP contribution >= 0.6 is 0 Å². The van der Waals surface area contributed by atoms with Gasteiger partial charge in [-0.3, -0.25) is 0 Å². The van der Waals surface area contributed by atoms with Gasteiger partial charge in [0.15, 0.2) is 0 Å². The van der Waals surface area contributed by atoms with Crippen LogP contribution in [0.25, 0.3) is 0 Å². The Kier molecular flexibility index (Phi) is 4.90. The number of fused-ring (bicyclic) bond motifs is 2. The van der Waals surface area contributed by atoms with Crippen molar-refractivity contribution >= 4 is 11.8 Å². The van der Waals surface area contributed by atoms with Crippen LogP contribution in [0, 0.1) is 17.8 Å². The number of allylic oxidation sites excluding steroid dienone is 2. The Hall–Kier alpha value is -2.72. The average Bonchev–Trinajstić information content (AvgIpc) is 3.32. The van der Waals surface area contributed by atoms with Crippen LogP contribution in [0.4, 0.5) is 0 Å². The van der Waals surface area contributed by atoms with E-state index in [-0.39, 0.29) is 17.7 Å². The monoisotopic (exact) mass is 361 g/mol. The van der Waals surface area contributed by atoms with Crippen LogP contribution in [0.15, 0.2) is 66.7 Å². The van der Waals surface area contributed by atoms with Gasteiger partial charge in [-0.2, -0.15) is 0 Å². The van der Waals surface area contributed by atoms with E-state index in [1.165, 1.54) is 0 Å². The molecule has 1 saturated carbocycles. The summed E-state index contributed by atoms with van der Waals surface area (Å²) >= 11 is 0. The third kappa shape index (κ3) is 3.58. The smallest absolute Gasteiger partial charge is 0.366 e. The third-order valence-electron chi connectivity index (χ3n) is 5.70. The molecule has 2 aromatic carbocycles. The summed E-state index contributed by atoms with van der Waals surface area (Å²) in [6.45, 7) is 1.92. The molecule has 0 aromatic heterocycles. The van der Waals surface area contributed by atoms with Crippen molar-refractivity contribution in [2.45, 2.75) is 25.8 Å². The molecule has 2 bridgehead atoms. The van der Waals surface area contributed by atoms with Crippen molar-refractivity contribution in [2.24, 2.45) is 17.8 Å². The van der Waals surface area contributed by atoms with Crippen molar-refractivity contribution in [2.75, 3.05) is 0 Å². The summed E-state index contributed by atoms with van der Waals surface area (Å²) in [6.07, 6.45) is 6.57. The van der Waals surface area contributed by atoms with E-state index in [1.54, 1.807) is 24.3 Å². The first-order chi connectivity index (χ1) is 13.1. The minimum atomic E-state index is -0.459. The fourth-order valence-electron chi connectivity index (χ4n) is 4.14. The van der Waals surface area contributed by atoms with E-state index in [0.717, 1.165) is 18.4 Å². The Bertz CT molecular complexity index is 843. The molecule has 4 heteroatoms. The normalized spacial score (nSPS) is 24.0. The van der Waals surface area contributed by atoms with Crippen molar-refractivity contribution in [3.05, 3.63) is 83.4 Å². The second-order valence-electron chi connectivity index (χ2n) is 7.40. The highest BCUT2D eigenvalue weighted by atomic mass is 16.7. The van der Waals surface area contributed by atoms with E-state index in [4.69, 9.17) is 4.84 Å². The number of carbonyl (C=O) groups is 2. The molecule has 2 aromatic rings. The van der Waals surface area contributed by atoms with Gasteiger partial charge in [-0.25, -0.2) is 4.79 Å². The molecule has 137 valence electrons. The first-order valence-corrected chi connectivity index (χ1v) is 9.48. The van der Waals surface area contributed by atoms with Crippen molar-refractivity contribution in [1.29, 1.82) is 0 Å². The van der Waals surface area contributed by atoms with Gasteiger partial charge in [0.25, 0.3) is 0 Å². The Morgan fingerprint density at radius 2 is 1.59 bits per heavy atom. The molecule has 0 amide bonds. The number of nitrogens with one attached hydrogen (secondary N) is 1. The molecule has 2 aliphatic rings. The molecule has 1 N–H and O–H groups in total. The molecule has 2 aliphatic carbocycles. The maximum absolute atomic E-state index is 12.8. The van der Waals surface area contributed by atoms with Crippen LogP contribution in [-0.2, 0) is 4.84 Å². The van der Waals surface area contributed by atoms with Gasteiger partial charge in [0.2, 0.25) is 4.79 Å². The summed E-state index contributed by atoms with van der Waals surface area (Å²) in [7, 11) is 0. The molecule has 27 heavy (non-hydrogen) atoms. The zero-order valence-electron chi connectivity index (χ0n) is 15.3. The summed E-state index contributed by atoms with van der Waals surface area (Å²) in [4.78, 5) is 30.2. The van der Waals surface area contributed by atoms with Gasteiger partial charge >= 0.3 is 11.8 Å². The predicted octanol–water partition coefficient (Wildman–Crippen LogP) is 4.50. The molecule has 1 fully saturated rings. The van der Waals surface area contributed by atoms with Crippen molar-refractivity contribution in [1.82, 2.24) is 5.48 Å². The van der Waals surface area contributed by atoms with Crippen molar-refractivity contribution in [3.8, 4) is 0 Å². The highest BCUT2D eigenvalue weighted by Gasteiger charge is 2.49. The summed E-state index contributed by atoms with van der Waals surface area (Å²) in [5.41, 5.74) is 4.90.